The lowest BCUT2D eigenvalue weighted by atomic mass is 10.0. The van der Waals surface area contributed by atoms with Crippen LogP contribution in [0.3, 0.4) is 0 Å². The molecule has 1 unspecified atom stereocenters. The van der Waals surface area contributed by atoms with Gasteiger partial charge in [-0.3, -0.25) is 0 Å². The third-order valence-corrected chi connectivity index (χ3v) is 6.10. The second-order valence-electron chi connectivity index (χ2n) is 6.21. The summed E-state index contributed by atoms with van der Waals surface area (Å²) in [5, 5.41) is 3.63. The van der Waals surface area contributed by atoms with Crippen LogP contribution in [0.4, 0.5) is 0 Å². The maximum absolute atomic E-state index is 6.24. The standard InChI is InChI=1S/C17H21NOS/c1-18-13-6-7-14(18)9-15(8-13)19-10-12-11-20-17-5-3-2-4-16(12)17/h2-5,11,13-15H,6-10H2,1H3/t13-,14+,15?. The zero-order valence-electron chi connectivity index (χ0n) is 11.9. The van der Waals surface area contributed by atoms with Gasteiger partial charge in [0.15, 0.2) is 0 Å². The second-order valence-corrected chi connectivity index (χ2v) is 7.12. The van der Waals surface area contributed by atoms with Crippen molar-refractivity contribution in [3.8, 4) is 0 Å². The number of nitrogens with zero attached hydrogens (tertiary/aromatic N) is 1. The van der Waals surface area contributed by atoms with Crippen LogP contribution in [0.2, 0.25) is 0 Å². The summed E-state index contributed by atoms with van der Waals surface area (Å²) in [5.74, 6) is 0. The highest BCUT2D eigenvalue weighted by Gasteiger charge is 2.38. The fraction of sp³-hybridized carbons (Fsp3) is 0.529. The van der Waals surface area contributed by atoms with Crippen molar-refractivity contribution in [3.63, 3.8) is 0 Å². The van der Waals surface area contributed by atoms with E-state index in [2.05, 4.69) is 41.6 Å². The van der Waals surface area contributed by atoms with Crippen LogP contribution in [0, 0.1) is 0 Å². The Kier molecular flexibility index (Phi) is 3.29. The van der Waals surface area contributed by atoms with Crippen LogP contribution >= 0.6 is 11.3 Å². The predicted molar refractivity (Wildman–Crippen MR) is 84.2 cm³/mol. The van der Waals surface area contributed by atoms with Gasteiger partial charge in [-0.2, -0.15) is 0 Å². The van der Waals surface area contributed by atoms with E-state index in [0.717, 1.165) is 18.7 Å². The molecule has 0 N–H and O–H groups in total. The number of ether oxygens (including phenoxy) is 1. The fourth-order valence-electron chi connectivity index (χ4n) is 3.85. The van der Waals surface area contributed by atoms with Gasteiger partial charge < -0.3 is 9.64 Å². The van der Waals surface area contributed by atoms with E-state index in [1.807, 2.05) is 11.3 Å². The van der Waals surface area contributed by atoms with Gasteiger partial charge in [-0.15, -0.1) is 11.3 Å². The molecule has 4 rings (SSSR count). The van der Waals surface area contributed by atoms with Crippen LogP contribution in [0.15, 0.2) is 29.6 Å². The number of hydrogen-bond acceptors (Lipinski definition) is 3. The molecule has 3 heteroatoms. The molecule has 0 spiro atoms. The molecule has 3 atom stereocenters. The minimum absolute atomic E-state index is 0.461. The lowest BCUT2D eigenvalue weighted by molar-refractivity contribution is -0.0206. The predicted octanol–water partition coefficient (Wildman–Crippen LogP) is 4.04. The first-order valence-corrected chi connectivity index (χ1v) is 8.48. The van der Waals surface area contributed by atoms with Crippen LogP contribution in [-0.4, -0.2) is 30.1 Å². The molecule has 106 valence electrons. The third-order valence-electron chi connectivity index (χ3n) is 5.09. The minimum atomic E-state index is 0.461. The van der Waals surface area contributed by atoms with Gasteiger partial charge in [-0.1, -0.05) is 18.2 Å². The van der Waals surface area contributed by atoms with E-state index < -0.39 is 0 Å². The van der Waals surface area contributed by atoms with Crippen molar-refractivity contribution in [1.29, 1.82) is 0 Å². The molecule has 0 saturated carbocycles. The topological polar surface area (TPSA) is 12.5 Å². The molecule has 3 heterocycles. The Balaban J connectivity index is 1.44. The van der Waals surface area contributed by atoms with Crippen molar-refractivity contribution in [3.05, 3.63) is 35.2 Å². The van der Waals surface area contributed by atoms with Crippen LogP contribution in [0.1, 0.15) is 31.2 Å². The van der Waals surface area contributed by atoms with E-state index in [9.17, 15) is 0 Å². The number of thiophene rings is 1. The fourth-order valence-corrected chi connectivity index (χ4v) is 4.80. The molecular formula is C17H21NOS. The summed E-state index contributed by atoms with van der Waals surface area (Å²) >= 11 is 1.83. The Morgan fingerprint density at radius 1 is 1.20 bits per heavy atom. The van der Waals surface area contributed by atoms with E-state index in [-0.39, 0.29) is 0 Å². The highest BCUT2D eigenvalue weighted by Crippen LogP contribution is 2.36. The summed E-state index contributed by atoms with van der Waals surface area (Å²) in [6.45, 7) is 0.776. The molecule has 0 amide bonds. The molecule has 2 aliphatic rings. The summed E-state index contributed by atoms with van der Waals surface area (Å²) in [5.41, 5.74) is 1.36. The second kappa shape index (κ2) is 5.14. The number of fused-ring (bicyclic) bond motifs is 3. The molecule has 2 aromatic rings. The highest BCUT2D eigenvalue weighted by molar-refractivity contribution is 7.17. The number of hydrogen-bond donors (Lipinski definition) is 0. The van der Waals surface area contributed by atoms with Gasteiger partial charge in [0.25, 0.3) is 0 Å². The zero-order valence-corrected chi connectivity index (χ0v) is 12.7. The molecule has 1 aromatic carbocycles. The quantitative estimate of drug-likeness (QED) is 0.844. The smallest absolute Gasteiger partial charge is 0.0734 e. The minimum Gasteiger partial charge on any atom is -0.373 e. The molecule has 0 aliphatic carbocycles. The van der Waals surface area contributed by atoms with E-state index in [1.165, 1.54) is 41.3 Å². The van der Waals surface area contributed by atoms with Gasteiger partial charge >= 0.3 is 0 Å². The maximum atomic E-state index is 6.24. The first-order valence-electron chi connectivity index (χ1n) is 7.60. The van der Waals surface area contributed by atoms with Crippen LogP contribution < -0.4 is 0 Å². The van der Waals surface area contributed by atoms with E-state index in [1.54, 1.807) is 0 Å². The van der Waals surface area contributed by atoms with Crippen LogP contribution in [0.25, 0.3) is 10.1 Å². The summed E-state index contributed by atoms with van der Waals surface area (Å²) in [4.78, 5) is 2.57. The lowest BCUT2D eigenvalue weighted by Gasteiger charge is -2.36. The normalized spacial score (nSPS) is 30.1. The third kappa shape index (κ3) is 2.18. The Morgan fingerprint density at radius 3 is 2.75 bits per heavy atom. The average molecular weight is 287 g/mol. The highest BCUT2D eigenvalue weighted by atomic mass is 32.1. The molecule has 1 aromatic heterocycles. The summed E-state index contributed by atoms with van der Waals surface area (Å²) in [7, 11) is 2.28. The van der Waals surface area contributed by atoms with E-state index in [4.69, 9.17) is 4.74 Å². The van der Waals surface area contributed by atoms with Crippen LogP contribution in [0.5, 0.6) is 0 Å². The number of piperidine rings is 1. The SMILES string of the molecule is CN1[C@@H]2CC[C@H]1CC(OCc1csc3ccccc13)C2. The van der Waals surface area contributed by atoms with Crippen molar-refractivity contribution in [2.75, 3.05) is 7.05 Å². The molecule has 2 nitrogen and oxygen atoms in total. The summed E-state index contributed by atoms with van der Waals surface area (Å²) in [6, 6.07) is 10.2. The monoisotopic (exact) mass is 287 g/mol. The largest absolute Gasteiger partial charge is 0.373 e. The molecule has 2 saturated heterocycles. The molecule has 2 aliphatic heterocycles. The van der Waals surface area contributed by atoms with E-state index in [0.29, 0.717) is 6.10 Å². The summed E-state index contributed by atoms with van der Waals surface area (Å²) in [6.07, 6.45) is 5.62. The van der Waals surface area contributed by atoms with Gasteiger partial charge in [-0.25, -0.2) is 0 Å². The Hall–Kier alpha value is -0.900. The maximum Gasteiger partial charge on any atom is 0.0734 e. The van der Waals surface area contributed by atoms with Crippen molar-refractivity contribution < 1.29 is 4.74 Å². The Bertz CT molecular complexity index is 594. The summed E-state index contributed by atoms with van der Waals surface area (Å²) < 4.78 is 7.61. The lowest BCUT2D eigenvalue weighted by Crippen LogP contribution is -2.42. The Morgan fingerprint density at radius 2 is 1.95 bits per heavy atom. The van der Waals surface area contributed by atoms with Gasteiger partial charge in [-0.05, 0) is 55.1 Å². The number of rotatable bonds is 3. The van der Waals surface area contributed by atoms with Gasteiger partial charge in [0.05, 0.1) is 12.7 Å². The van der Waals surface area contributed by atoms with Gasteiger partial charge in [0, 0.05) is 16.8 Å². The van der Waals surface area contributed by atoms with Crippen molar-refractivity contribution in [2.24, 2.45) is 0 Å². The van der Waals surface area contributed by atoms with Crippen molar-refractivity contribution in [1.82, 2.24) is 4.90 Å². The zero-order chi connectivity index (χ0) is 13.5. The molecule has 2 fully saturated rings. The molecule has 0 radical (unpaired) electrons. The van der Waals surface area contributed by atoms with Gasteiger partial charge in [0.1, 0.15) is 0 Å². The first-order chi connectivity index (χ1) is 9.81. The van der Waals surface area contributed by atoms with Crippen LogP contribution in [-0.2, 0) is 11.3 Å². The van der Waals surface area contributed by atoms with Crippen molar-refractivity contribution in [2.45, 2.75) is 50.5 Å². The molecule has 2 bridgehead atoms. The van der Waals surface area contributed by atoms with Gasteiger partial charge in [0.2, 0.25) is 0 Å². The Labute approximate surface area is 124 Å². The van der Waals surface area contributed by atoms with E-state index >= 15 is 0 Å². The molecular weight excluding hydrogens is 266 g/mol. The van der Waals surface area contributed by atoms with Crippen molar-refractivity contribution >= 4 is 21.4 Å². The number of benzene rings is 1. The average Bonchev–Trinajstić information content (AvgIpc) is 2.95. The first kappa shape index (κ1) is 12.8. The molecule has 20 heavy (non-hydrogen) atoms.